The Bertz CT molecular complexity index is 1340. The van der Waals surface area contributed by atoms with Crippen molar-refractivity contribution in [3.05, 3.63) is 95.2 Å². The van der Waals surface area contributed by atoms with Crippen LogP contribution in [0.25, 0.3) is 10.9 Å². The minimum absolute atomic E-state index is 0.169. The molecule has 3 aromatic carbocycles. The molecule has 3 N–H and O–H groups in total. The number of hydrogen-bond donors (Lipinski definition) is 3. The topological polar surface area (TPSA) is 102 Å². The number of carbonyl (C=O) groups is 2. The highest BCUT2D eigenvalue weighted by Crippen LogP contribution is 2.32. The van der Waals surface area contributed by atoms with Gasteiger partial charge >= 0.3 is 0 Å². The number of ether oxygens (including phenoxy) is 2. The van der Waals surface area contributed by atoms with E-state index in [1.165, 1.54) is 0 Å². The monoisotopic (exact) mass is 443 g/mol. The highest BCUT2D eigenvalue weighted by molar-refractivity contribution is 6.07. The first-order valence-corrected chi connectivity index (χ1v) is 10.4. The fourth-order valence-corrected chi connectivity index (χ4v) is 3.91. The molecule has 0 fully saturated rings. The molecule has 4 aromatic rings. The molecule has 8 heteroatoms. The van der Waals surface area contributed by atoms with E-state index in [4.69, 9.17) is 14.7 Å². The number of aromatic nitrogens is 1. The van der Waals surface area contributed by atoms with Gasteiger partial charge in [0.1, 0.15) is 0 Å². The van der Waals surface area contributed by atoms with Crippen molar-refractivity contribution in [2.24, 2.45) is 0 Å². The van der Waals surface area contributed by atoms with Crippen molar-refractivity contribution in [1.29, 1.82) is 0 Å². The number of rotatable bonds is 6. The Morgan fingerprint density at radius 3 is 2.48 bits per heavy atom. The van der Waals surface area contributed by atoms with Crippen molar-refractivity contribution in [2.75, 3.05) is 6.79 Å². The Labute approximate surface area is 189 Å². The maximum Gasteiger partial charge on any atom is 0.274 e. The highest BCUT2D eigenvalue weighted by Gasteiger charge is 2.17. The molecule has 33 heavy (non-hydrogen) atoms. The molecule has 0 spiro atoms. The Kier molecular flexibility index (Phi) is 5.42. The second kappa shape index (κ2) is 8.68. The summed E-state index contributed by atoms with van der Waals surface area (Å²) in [6.07, 6.45) is 1.84. The zero-order chi connectivity index (χ0) is 22.8. The molecule has 0 bridgehead atoms. The van der Waals surface area contributed by atoms with Gasteiger partial charge in [0.15, 0.2) is 11.5 Å². The summed E-state index contributed by atoms with van der Waals surface area (Å²) in [6, 6.07) is 20.3. The van der Waals surface area contributed by atoms with Crippen LogP contribution in [0.1, 0.15) is 31.8 Å². The van der Waals surface area contributed by atoms with Crippen molar-refractivity contribution in [2.45, 2.75) is 13.1 Å². The number of para-hydroxylation sites is 1. The average molecular weight is 443 g/mol. The molecule has 1 aromatic heterocycles. The molecule has 0 saturated carbocycles. The molecule has 2 amide bonds. The summed E-state index contributed by atoms with van der Waals surface area (Å²) in [5.41, 5.74) is 5.38. The largest absolute Gasteiger partial charge is 0.454 e. The van der Waals surface area contributed by atoms with E-state index >= 15 is 0 Å². The third kappa shape index (κ3) is 4.11. The maximum atomic E-state index is 13.0. The van der Waals surface area contributed by atoms with E-state index in [0.29, 0.717) is 35.7 Å². The first-order valence-electron chi connectivity index (χ1n) is 10.4. The van der Waals surface area contributed by atoms with Gasteiger partial charge in [0, 0.05) is 35.8 Å². The maximum absolute atomic E-state index is 13.0. The zero-order valence-electron chi connectivity index (χ0n) is 17.6. The number of fused-ring (bicyclic) bond motifs is 2. The molecule has 1 aliphatic heterocycles. The smallest absolute Gasteiger partial charge is 0.274 e. The quantitative estimate of drug-likeness (QED) is 0.313. The van der Waals surface area contributed by atoms with Crippen LogP contribution in [0.4, 0.5) is 0 Å². The van der Waals surface area contributed by atoms with Crippen molar-refractivity contribution in [1.82, 2.24) is 15.4 Å². The second-order valence-electron chi connectivity index (χ2n) is 7.70. The summed E-state index contributed by atoms with van der Waals surface area (Å²) >= 11 is 0. The van der Waals surface area contributed by atoms with Crippen LogP contribution in [0.5, 0.6) is 11.5 Å². The lowest BCUT2D eigenvalue weighted by Gasteiger charge is -2.07. The van der Waals surface area contributed by atoms with E-state index in [9.17, 15) is 9.59 Å². The second-order valence-corrected chi connectivity index (χ2v) is 7.70. The normalized spacial score (nSPS) is 12.0. The van der Waals surface area contributed by atoms with E-state index in [1.54, 1.807) is 17.6 Å². The molecule has 2 heterocycles. The van der Waals surface area contributed by atoms with Gasteiger partial charge in [0.25, 0.3) is 11.8 Å². The van der Waals surface area contributed by atoms with Crippen LogP contribution >= 0.6 is 0 Å². The molecule has 5 rings (SSSR count). The number of nitrogens with zero attached hydrogens (tertiary/aromatic N) is 1. The van der Waals surface area contributed by atoms with E-state index in [0.717, 1.165) is 22.0 Å². The van der Waals surface area contributed by atoms with Gasteiger partial charge in [-0.1, -0.05) is 36.4 Å². The van der Waals surface area contributed by atoms with Crippen LogP contribution in [0, 0.1) is 0 Å². The Hall–Kier alpha value is -4.30. The molecule has 0 radical (unpaired) electrons. The van der Waals surface area contributed by atoms with Crippen LogP contribution in [0.3, 0.4) is 0 Å². The predicted octanol–water partition coefficient (Wildman–Crippen LogP) is 3.47. The van der Waals surface area contributed by atoms with Crippen molar-refractivity contribution < 1.29 is 24.3 Å². The van der Waals surface area contributed by atoms with Gasteiger partial charge in [-0.2, -0.15) is 0 Å². The number of nitrogens with one attached hydrogen (secondary N) is 2. The number of amides is 2. The fourth-order valence-electron chi connectivity index (χ4n) is 3.91. The molecular formula is C25H21N3O5. The standard InChI is InChI=1S/C25H21N3O5/c29-24(27-31)18-8-5-16(6-9-18)13-28-14-20(19-3-1-2-4-21(19)28)25(30)26-12-17-7-10-22-23(11-17)33-15-32-22/h1-11,14,31H,12-13,15H2,(H,26,30)(H,27,29). The van der Waals surface area contributed by atoms with Crippen molar-refractivity contribution in [3.8, 4) is 11.5 Å². The summed E-state index contributed by atoms with van der Waals surface area (Å²) in [5.74, 6) is 0.658. The predicted molar refractivity (Wildman–Crippen MR) is 120 cm³/mol. The first-order chi connectivity index (χ1) is 16.1. The van der Waals surface area contributed by atoms with Crippen LogP contribution in [0.2, 0.25) is 0 Å². The lowest BCUT2D eigenvalue weighted by atomic mass is 10.1. The SMILES string of the molecule is O=C(NO)c1ccc(Cn2cc(C(=O)NCc3ccc4c(c3)OCO4)c3ccccc32)cc1. The minimum atomic E-state index is -0.561. The Morgan fingerprint density at radius 1 is 0.909 bits per heavy atom. The van der Waals surface area contributed by atoms with Gasteiger partial charge in [-0.15, -0.1) is 0 Å². The van der Waals surface area contributed by atoms with Gasteiger partial charge in [0.2, 0.25) is 6.79 Å². The Morgan fingerprint density at radius 2 is 1.67 bits per heavy atom. The van der Waals surface area contributed by atoms with E-state index in [2.05, 4.69) is 5.32 Å². The van der Waals surface area contributed by atoms with Crippen LogP contribution in [0.15, 0.2) is 72.9 Å². The van der Waals surface area contributed by atoms with E-state index < -0.39 is 5.91 Å². The number of hydroxylamine groups is 1. The van der Waals surface area contributed by atoms with Crippen LogP contribution in [-0.2, 0) is 13.1 Å². The molecule has 0 atom stereocenters. The number of hydrogen-bond acceptors (Lipinski definition) is 5. The van der Waals surface area contributed by atoms with E-state index in [1.807, 2.05) is 65.4 Å². The summed E-state index contributed by atoms with van der Waals surface area (Å²) in [7, 11) is 0. The van der Waals surface area contributed by atoms with Crippen molar-refractivity contribution in [3.63, 3.8) is 0 Å². The molecule has 0 unspecified atom stereocenters. The van der Waals surface area contributed by atoms with Gasteiger partial charge in [0.05, 0.1) is 5.56 Å². The molecule has 0 saturated heterocycles. The van der Waals surface area contributed by atoms with E-state index in [-0.39, 0.29) is 12.7 Å². The van der Waals surface area contributed by atoms with Gasteiger partial charge in [-0.3, -0.25) is 14.8 Å². The molecule has 8 nitrogen and oxygen atoms in total. The summed E-state index contributed by atoms with van der Waals surface area (Å²) in [5, 5.41) is 12.6. The first kappa shape index (κ1) is 20.6. The van der Waals surface area contributed by atoms with Crippen LogP contribution in [-0.4, -0.2) is 28.4 Å². The zero-order valence-corrected chi connectivity index (χ0v) is 17.6. The summed E-state index contributed by atoms with van der Waals surface area (Å²) in [4.78, 5) is 24.6. The third-order valence-electron chi connectivity index (χ3n) is 5.59. The Balaban J connectivity index is 1.35. The molecule has 166 valence electrons. The summed E-state index contributed by atoms with van der Waals surface area (Å²) in [6.45, 7) is 1.10. The fraction of sp³-hybridized carbons (Fsp3) is 0.120. The number of carbonyl (C=O) groups excluding carboxylic acids is 2. The lowest BCUT2D eigenvalue weighted by Crippen LogP contribution is -2.22. The molecule has 1 aliphatic rings. The van der Waals surface area contributed by atoms with Gasteiger partial charge < -0.3 is 19.4 Å². The summed E-state index contributed by atoms with van der Waals surface area (Å²) < 4.78 is 12.7. The minimum Gasteiger partial charge on any atom is -0.454 e. The van der Waals surface area contributed by atoms with Crippen LogP contribution < -0.4 is 20.3 Å². The van der Waals surface area contributed by atoms with Crippen molar-refractivity contribution >= 4 is 22.7 Å². The van der Waals surface area contributed by atoms with Gasteiger partial charge in [-0.25, -0.2) is 5.48 Å². The third-order valence-corrected chi connectivity index (χ3v) is 5.59. The highest BCUT2D eigenvalue weighted by atomic mass is 16.7. The molecule has 0 aliphatic carbocycles. The average Bonchev–Trinajstić information content (AvgIpc) is 3.47. The lowest BCUT2D eigenvalue weighted by molar-refractivity contribution is 0.0706. The van der Waals surface area contributed by atoms with Gasteiger partial charge in [-0.05, 0) is 41.5 Å². The number of benzene rings is 3. The molecular weight excluding hydrogens is 422 g/mol.